The molecule has 1 unspecified atom stereocenters. The lowest BCUT2D eigenvalue weighted by Gasteiger charge is -2.39. The molecule has 154 valence electrons. The number of hydrogen-bond donors (Lipinski definition) is 1. The molecule has 2 aliphatic heterocycles. The van der Waals surface area contributed by atoms with E-state index in [-0.39, 0.29) is 36.0 Å². The number of piperazine rings is 1. The van der Waals surface area contributed by atoms with Crippen molar-refractivity contribution in [2.75, 3.05) is 25.1 Å². The molecular weight excluding hydrogens is 605 g/mol. The molecule has 1 N–H and O–H groups in total. The normalized spacial score (nSPS) is 19.3. The lowest BCUT2D eigenvalue weighted by atomic mass is 10.0. The summed E-state index contributed by atoms with van der Waals surface area (Å²) in [6.45, 7) is 3.64. The summed E-state index contributed by atoms with van der Waals surface area (Å²) >= 11 is 4.24. The number of fused-ring (bicyclic) bond motifs is 1. The Hall–Kier alpha value is -1.09. The van der Waals surface area contributed by atoms with Crippen molar-refractivity contribution in [2.45, 2.75) is 26.1 Å². The molecule has 0 aliphatic carbocycles. The number of hydrogen-bond acceptors (Lipinski definition) is 5. The molecule has 0 radical (unpaired) electrons. The van der Waals surface area contributed by atoms with Crippen molar-refractivity contribution in [3.05, 3.63) is 40.6 Å². The Labute approximate surface area is 183 Å². The Balaban J connectivity index is 0.00000136. The minimum absolute atomic E-state index is 0.0320. The number of hydrazine groups is 1. The highest BCUT2D eigenvalue weighted by atomic mass is 128. The Morgan fingerprint density at radius 2 is 1.96 bits per heavy atom. The van der Waals surface area contributed by atoms with Crippen LogP contribution in [0.25, 0.3) is 0 Å². The van der Waals surface area contributed by atoms with Crippen molar-refractivity contribution < 1.29 is 27.5 Å². The minimum Gasteiger partial charge on any atom is -0.466 e. The number of anilines is 1. The zero-order valence-electron chi connectivity index (χ0n) is 15.2. The van der Waals surface area contributed by atoms with Crippen LogP contribution < -0.4 is 10.3 Å². The fraction of sp³-hybridized carbons (Fsp3) is 0.412. The van der Waals surface area contributed by atoms with Crippen molar-refractivity contribution in [3.63, 3.8) is 0 Å². The zero-order valence-corrected chi connectivity index (χ0v) is 19.5. The Morgan fingerprint density at radius 1 is 1.32 bits per heavy atom. The SMILES string of the molecule is COC(=O)C1=C2C(=O)N(c3ccc(C(F)(F)F)c(C)c3)CC(C)N2NC1.II. The van der Waals surface area contributed by atoms with Gasteiger partial charge in [0, 0.05) is 56.0 Å². The summed E-state index contributed by atoms with van der Waals surface area (Å²) in [7, 11) is 1.23. The number of nitrogens with one attached hydrogen (secondary N) is 1. The number of alkyl halides is 3. The molecule has 1 atom stereocenters. The van der Waals surface area contributed by atoms with Gasteiger partial charge in [-0.05, 0) is 37.6 Å². The van der Waals surface area contributed by atoms with Gasteiger partial charge in [-0.1, -0.05) is 0 Å². The summed E-state index contributed by atoms with van der Waals surface area (Å²) in [6, 6.07) is 3.41. The maximum absolute atomic E-state index is 13.0. The molecule has 28 heavy (non-hydrogen) atoms. The molecule has 0 saturated carbocycles. The quantitative estimate of drug-likeness (QED) is 0.402. The molecule has 2 aliphatic rings. The van der Waals surface area contributed by atoms with Crippen LogP contribution in [-0.2, 0) is 20.5 Å². The van der Waals surface area contributed by atoms with Crippen LogP contribution in [0.3, 0.4) is 0 Å². The van der Waals surface area contributed by atoms with Crippen molar-refractivity contribution in [2.24, 2.45) is 0 Å². The summed E-state index contributed by atoms with van der Waals surface area (Å²) in [5, 5.41) is 1.61. The standard InChI is InChI=1S/C17H18F3N3O3.I2/c1-9-6-11(4-5-13(9)17(18,19)20)22-8-10(2)23-14(15(22)24)12(7-21-23)16(25)26-3;1-2/h4-6,10,21H,7-8H2,1-3H3;. The molecule has 3 rings (SSSR count). The third-order valence-corrected chi connectivity index (χ3v) is 4.55. The van der Waals surface area contributed by atoms with Gasteiger partial charge in [-0.25, -0.2) is 10.2 Å². The van der Waals surface area contributed by atoms with Crippen LogP contribution in [-0.4, -0.2) is 43.1 Å². The Kier molecular flexibility index (Phi) is 7.58. The second-order valence-electron chi connectivity index (χ2n) is 6.29. The summed E-state index contributed by atoms with van der Waals surface area (Å²) in [5.74, 6) is -1.06. The molecule has 2 heterocycles. The van der Waals surface area contributed by atoms with E-state index in [1.165, 1.54) is 31.1 Å². The molecule has 0 bridgehead atoms. The van der Waals surface area contributed by atoms with Gasteiger partial charge in [-0.3, -0.25) is 9.80 Å². The fourth-order valence-corrected chi connectivity index (χ4v) is 3.29. The molecule has 6 nitrogen and oxygen atoms in total. The molecular formula is C17H18F3I2N3O3. The van der Waals surface area contributed by atoms with Gasteiger partial charge >= 0.3 is 12.1 Å². The van der Waals surface area contributed by atoms with Crippen molar-refractivity contribution in [1.29, 1.82) is 0 Å². The average Bonchev–Trinajstić information content (AvgIpc) is 3.10. The largest absolute Gasteiger partial charge is 0.466 e. The lowest BCUT2D eigenvalue weighted by Crippen LogP contribution is -2.55. The third kappa shape index (κ3) is 4.40. The number of halogens is 5. The third-order valence-electron chi connectivity index (χ3n) is 4.55. The van der Waals surface area contributed by atoms with Gasteiger partial charge in [0.1, 0.15) is 5.70 Å². The van der Waals surface area contributed by atoms with E-state index in [1.807, 2.05) is 6.92 Å². The molecule has 0 aromatic heterocycles. The van der Waals surface area contributed by atoms with Crippen LogP contribution in [0.15, 0.2) is 29.5 Å². The van der Waals surface area contributed by atoms with Crippen molar-refractivity contribution >= 4 is 54.8 Å². The Morgan fingerprint density at radius 3 is 2.50 bits per heavy atom. The summed E-state index contributed by atoms with van der Waals surface area (Å²) in [6.07, 6.45) is -4.45. The van der Waals surface area contributed by atoms with Gasteiger partial charge in [0.25, 0.3) is 5.91 Å². The van der Waals surface area contributed by atoms with Gasteiger partial charge < -0.3 is 9.64 Å². The van der Waals surface area contributed by atoms with E-state index in [0.29, 0.717) is 5.69 Å². The molecule has 1 aromatic rings. The fourth-order valence-electron chi connectivity index (χ4n) is 3.29. The maximum atomic E-state index is 13.0. The van der Waals surface area contributed by atoms with E-state index in [4.69, 9.17) is 4.74 Å². The summed E-state index contributed by atoms with van der Waals surface area (Å²) in [5.41, 5.74) is 3.01. The van der Waals surface area contributed by atoms with E-state index >= 15 is 0 Å². The smallest absolute Gasteiger partial charge is 0.416 e. The number of nitrogens with zero attached hydrogens (tertiary/aromatic N) is 2. The topological polar surface area (TPSA) is 61.9 Å². The second kappa shape index (κ2) is 9.15. The maximum Gasteiger partial charge on any atom is 0.416 e. The van der Waals surface area contributed by atoms with Gasteiger partial charge in [0.2, 0.25) is 0 Å². The van der Waals surface area contributed by atoms with Gasteiger partial charge in [0.05, 0.1) is 24.3 Å². The number of amides is 1. The number of benzene rings is 1. The number of methoxy groups -OCH3 is 1. The number of aryl methyl sites for hydroxylation is 1. The first-order chi connectivity index (χ1) is 13.1. The van der Waals surface area contributed by atoms with E-state index in [2.05, 4.69) is 42.7 Å². The first kappa shape index (κ1) is 23.2. The summed E-state index contributed by atoms with van der Waals surface area (Å²) < 4.78 is 43.6. The number of carbonyl (C=O) groups is 2. The number of carbonyl (C=O) groups excluding carboxylic acids is 2. The van der Waals surface area contributed by atoms with Crippen molar-refractivity contribution in [3.8, 4) is 0 Å². The first-order valence-corrected chi connectivity index (χ1v) is 14.4. The van der Waals surface area contributed by atoms with Crippen LogP contribution >= 0.6 is 37.2 Å². The van der Waals surface area contributed by atoms with Gasteiger partial charge in [-0.15, -0.1) is 0 Å². The van der Waals surface area contributed by atoms with E-state index in [9.17, 15) is 22.8 Å². The average molecular weight is 623 g/mol. The van der Waals surface area contributed by atoms with E-state index in [0.717, 1.165) is 6.07 Å². The van der Waals surface area contributed by atoms with Crippen LogP contribution in [0.1, 0.15) is 18.1 Å². The number of rotatable bonds is 2. The highest BCUT2D eigenvalue weighted by Gasteiger charge is 2.42. The zero-order chi connectivity index (χ0) is 21.2. The molecule has 1 aromatic carbocycles. The van der Waals surface area contributed by atoms with Gasteiger partial charge in [0.15, 0.2) is 0 Å². The number of esters is 1. The Bertz CT molecular complexity index is 815. The van der Waals surface area contributed by atoms with Crippen LogP contribution in [0.4, 0.5) is 18.9 Å². The molecule has 11 heteroatoms. The predicted molar refractivity (Wildman–Crippen MR) is 115 cm³/mol. The minimum atomic E-state index is -4.45. The molecule has 1 saturated heterocycles. The molecule has 0 spiro atoms. The van der Waals surface area contributed by atoms with Crippen molar-refractivity contribution in [1.82, 2.24) is 10.4 Å². The predicted octanol–water partition coefficient (Wildman–Crippen LogP) is 3.77. The van der Waals surface area contributed by atoms with E-state index in [1.54, 1.807) is 5.01 Å². The highest BCUT2D eigenvalue weighted by molar-refractivity contribution is 15.0. The lowest BCUT2D eigenvalue weighted by molar-refractivity contribution is -0.138. The van der Waals surface area contributed by atoms with Crippen LogP contribution in [0, 0.1) is 6.92 Å². The van der Waals surface area contributed by atoms with Crippen LogP contribution in [0.5, 0.6) is 0 Å². The monoisotopic (exact) mass is 623 g/mol. The molecule has 1 amide bonds. The van der Waals surface area contributed by atoms with Gasteiger partial charge in [-0.2, -0.15) is 13.2 Å². The number of ether oxygens (including phenoxy) is 1. The van der Waals surface area contributed by atoms with Crippen LogP contribution in [0.2, 0.25) is 0 Å². The highest BCUT2D eigenvalue weighted by Crippen LogP contribution is 2.35. The first-order valence-electron chi connectivity index (χ1n) is 8.13. The molecule has 1 fully saturated rings. The summed E-state index contributed by atoms with van der Waals surface area (Å²) in [4.78, 5) is 26.3. The van der Waals surface area contributed by atoms with E-state index < -0.39 is 23.6 Å². The second-order valence-corrected chi connectivity index (χ2v) is 6.29.